The van der Waals surface area contributed by atoms with Crippen LogP contribution in [0.5, 0.6) is 0 Å². The first-order valence-corrected chi connectivity index (χ1v) is 8.41. The SMILES string of the molecule is CCN(CC)[C@@]1([C@@H](CN)CO)C[C@H]2CC[C@@]1(C)C2(C)C. The van der Waals surface area contributed by atoms with Gasteiger partial charge in [-0.2, -0.15) is 0 Å². The lowest BCUT2D eigenvalue weighted by atomic mass is 9.57. The molecule has 0 unspecified atom stereocenters. The lowest BCUT2D eigenvalue weighted by molar-refractivity contribution is -0.0909. The van der Waals surface area contributed by atoms with E-state index in [9.17, 15) is 5.11 Å². The highest BCUT2D eigenvalue weighted by Gasteiger charge is 2.71. The van der Waals surface area contributed by atoms with Gasteiger partial charge in [-0.15, -0.1) is 0 Å². The fourth-order valence-corrected chi connectivity index (χ4v) is 5.89. The number of rotatable bonds is 6. The lowest BCUT2D eigenvalue weighted by Gasteiger charge is -2.58. The largest absolute Gasteiger partial charge is 0.396 e. The standard InChI is InChI=1S/C17H34N2O/c1-6-19(7-2)17(14(11-18)12-20)10-13-8-9-16(17,5)15(13,3)4/h13-14,20H,6-12,18H2,1-5H3/t13-,14+,16+,17-/m1/s1. The highest BCUT2D eigenvalue weighted by molar-refractivity contribution is 5.23. The summed E-state index contributed by atoms with van der Waals surface area (Å²) in [7, 11) is 0. The van der Waals surface area contributed by atoms with Gasteiger partial charge in [0.05, 0.1) is 0 Å². The minimum atomic E-state index is 0.0758. The summed E-state index contributed by atoms with van der Waals surface area (Å²) in [5.74, 6) is 0.964. The van der Waals surface area contributed by atoms with Crippen LogP contribution in [0.1, 0.15) is 53.9 Å². The van der Waals surface area contributed by atoms with Crippen molar-refractivity contribution >= 4 is 0 Å². The van der Waals surface area contributed by atoms with Crippen molar-refractivity contribution in [3.63, 3.8) is 0 Å². The molecule has 3 heteroatoms. The van der Waals surface area contributed by atoms with Gasteiger partial charge in [-0.3, -0.25) is 4.90 Å². The van der Waals surface area contributed by atoms with Crippen LogP contribution < -0.4 is 5.73 Å². The maximum Gasteiger partial charge on any atom is 0.0489 e. The number of nitrogens with two attached hydrogens (primary N) is 1. The summed E-state index contributed by atoms with van der Waals surface area (Å²) < 4.78 is 0. The van der Waals surface area contributed by atoms with Crippen LogP contribution in [0.3, 0.4) is 0 Å². The molecule has 0 aromatic heterocycles. The second kappa shape index (κ2) is 5.26. The highest BCUT2D eigenvalue weighted by Crippen LogP contribution is 2.72. The molecule has 0 radical (unpaired) electrons. The van der Waals surface area contributed by atoms with Gasteiger partial charge in [0.2, 0.25) is 0 Å². The monoisotopic (exact) mass is 282 g/mol. The zero-order chi connectivity index (χ0) is 15.2. The molecule has 0 spiro atoms. The molecule has 2 saturated carbocycles. The fourth-order valence-electron chi connectivity index (χ4n) is 5.89. The molecule has 2 rings (SSSR count). The first-order valence-electron chi connectivity index (χ1n) is 8.41. The molecule has 0 amide bonds. The van der Waals surface area contributed by atoms with Crippen molar-refractivity contribution in [1.82, 2.24) is 4.90 Å². The smallest absolute Gasteiger partial charge is 0.0489 e. The van der Waals surface area contributed by atoms with E-state index in [1.807, 2.05) is 0 Å². The van der Waals surface area contributed by atoms with Gasteiger partial charge < -0.3 is 10.8 Å². The van der Waals surface area contributed by atoms with Crippen LogP contribution in [0.2, 0.25) is 0 Å². The molecule has 0 aromatic rings. The molecule has 3 nitrogen and oxygen atoms in total. The number of aliphatic hydroxyl groups is 1. The van der Waals surface area contributed by atoms with Gasteiger partial charge in [-0.25, -0.2) is 0 Å². The number of aliphatic hydroxyl groups excluding tert-OH is 1. The molecule has 3 N–H and O–H groups in total. The van der Waals surface area contributed by atoms with Crippen molar-refractivity contribution < 1.29 is 5.11 Å². The van der Waals surface area contributed by atoms with Crippen molar-refractivity contribution in [2.45, 2.75) is 59.4 Å². The quantitative estimate of drug-likeness (QED) is 0.787. The molecule has 0 aliphatic heterocycles. The minimum absolute atomic E-state index is 0.0758. The first-order chi connectivity index (χ1) is 9.35. The summed E-state index contributed by atoms with van der Waals surface area (Å²) in [6.45, 7) is 14.8. The average Bonchev–Trinajstić information content (AvgIpc) is 2.74. The number of nitrogens with zero attached hydrogens (tertiary/aromatic N) is 1. The van der Waals surface area contributed by atoms with Gasteiger partial charge >= 0.3 is 0 Å². The van der Waals surface area contributed by atoms with Gasteiger partial charge in [-0.05, 0) is 55.6 Å². The lowest BCUT2D eigenvalue weighted by Crippen LogP contribution is -2.65. The van der Waals surface area contributed by atoms with E-state index in [1.165, 1.54) is 19.3 Å². The van der Waals surface area contributed by atoms with Crippen LogP contribution in [0.15, 0.2) is 0 Å². The Bertz CT molecular complexity index is 335. The Morgan fingerprint density at radius 3 is 2.15 bits per heavy atom. The van der Waals surface area contributed by atoms with E-state index in [0.717, 1.165) is 19.0 Å². The summed E-state index contributed by atoms with van der Waals surface area (Å²) in [6, 6.07) is 0. The molecule has 20 heavy (non-hydrogen) atoms. The van der Waals surface area contributed by atoms with Gasteiger partial charge in [0.15, 0.2) is 0 Å². The second-order valence-electron chi connectivity index (χ2n) is 7.71. The van der Waals surface area contributed by atoms with Crippen LogP contribution in [0.25, 0.3) is 0 Å². The zero-order valence-corrected chi connectivity index (χ0v) is 14.1. The van der Waals surface area contributed by atoms with Crippen molar-refractivity contribution in [3.8, 4) is 0 Å². The van der Waals surface area contributed by atoms with E-state index in [-0.39, 0.29) is 23.5 Å². The molecule has 2 aliphatic carbocycles. The predicted molar refractivity (Wildman–Crippen MR) is 84.5 cm³/mol. The van der Waals surface area contributed by atoms with Crippen molar-refractivity contribution in [1.29, 1.82) is 0 Å². The van der Waals surface area contributed by atoms with E-state index >= 15 is 0 Å². The Hall–Kier alpha value is -0.120. The molecule has 2 bridgehead atoms. The zero-order valence-electron chi connectivity index (χ0n) is 14.1. The molecular formula is C17H34N2O. The van der Waals surface area contributed by atoms with E-state index in [2.05, 4.69) is 39.5 Å². The van der Waals surface area contributed by atoms with Gasteiger partial charge in [-0.1, -0.05) is 34.6 Å². The number of hydrogen-bond acceptors (Lipinski definition) is 3. The molecule has 0 heterocycles. The third-order valence-corrected chi connectivity index (χ3v) is 7.46. The highest BCUT2D eigenvalue weighted by atomic mass is 16.3. The van der Waals surface area contributed by atoms with Crippen LogP contribution in [0.4, 0.5) is 0 Å². The van der Waals surface area contributed by atoms with E-state index in [1.54, 1.807) is 0 Å². The number of hydrogen-bond donors (Lipinski definition) is 2. The van der Waals surface area contributed by atoms with Crippen LogP contribution in [-0.4, -0.2) is 41.8 Å². The topological polar surface area (TPSA) is 49.5 Å². The van der Waals surface area contributed by atoms with Crippen molar-refractivity contribution in [2.24, 2.45) is 28.4 Å². The third kappa shape index (κ3) is 1.69. The summed E-state index contributed by atoms with van der Waals surface area (Å²) in [6.07, 6.45) is 3.83. The van der Waals surface area contributed by atoms with E-state index < -0.39 is 0 Å². The third-order valence-electron chi connectivity index (χ3n) is 7.46. The Balaban J connectivity index is 2.55. The van der Waals surface area contributed by atoms with Crippen molar-refractivity contribution in [2.75, 3.05) is 26.2 Å². The maximum atomic E-state index is 10.00. The molecule has 0 saturated heterocycles. The van der Waals surface area contributed by atoms with E-state index in [4.69, 9.17) is 5.73 Å². The van der Waals surface area contributed by atoms with E-state index in [0.29, 0.717) is 12.0 Å². The Morgan fingerprint density at radius 2 is 1.85 bits per heavy atom. The predicted octanol–water partition coefficient (Wildman–Crippen LogP) is 2.48. The summed E-state index contributed by atoms with van der Waals surface area (Å²) >= 11 is 0. The van der Waals surface area contributed by atoms with Crippen molar-refractivity contribution in [3.05, 3.63) is 0 Å². The van der Waals surface area contributed by atoms with Gasteiger partial charge in [0.25, 0.3) is 0 Å². The van der Waals surface area contributed by atoms with Crippen LogP contribution in [-0.2, 0) is 0 Å². The summed E-state index contributed by atoms with van der Waals surface area (Å²) in [5.41, 5.74) is 6.76. The number of fused-ring (bicyclic) bond motifs is 2. The first kappa shape index (κ1) is 16.3. The minimum Gasteiger partial charge on any atom is -0.396 e. The van der Waals surface area contributed by atoms with Crippen LogP contribution in [0, 0.1) is 22.7 Å². The Kier molecular flexibility index (Phi) is 4.27. The molecule has 118 valence electrons. The fraction of sp³-hybridized carbons (Fsp3) is 1.00. The summed E-state index contributed by atoms with van der Waals surface area (Å²) in [5, 5.41) is 10.00. The molecular weight excluding hydrogens is 248 g/mol. The average molecular weight is 282 g/mol. The Labute approximate surface area is 124 Å². The van der Waals surface area contributed by atoms with Gasteiger partial charge in [0, 0.05) is 18.1 Å². The molecule has 2 aliphatic rings. The van der Waals surface area contributed by atoms with Crippen LogP contribution >= 0.6 is 0 Å². The maximum absolute atomic E-state index is 10.00. The second-order valence-corrected chi connectivity index (χ2v) is 7.71. The molecule has 2 fully saturated rings. The van der Waals surface area contributed by atoms with Gasteiger partial charge in [0.1, 0.15) is 0 Å². The summed E-state index contributed by atoms with van der Waals surface area (Å²) in [4.78, 5) is 2.61. The molecule has 0 aromatic carbocycles. The Morgan fingerprint density at radius 1 is 1.25 bits per heavy atom. The normalized spacial score (nSPS) is 40.5. The molecule has 4 atom stereocenters.